The van der Waals surface area contributed by atoms with Crippen molar-refractivity contribution in [3.8, 4) is 11.5 Å². The van der Waals surface area contributed by atoms with Crippen LogP contribution in [0, 0.1) is 5.92 Å². The van der Waals surface area contributed by atoms with E-state index in [0.717, 1.165) is 46.3 Å². The van der Waals surface area contributed by atoms with Crippen molar-refractivity contribution >= 4 is 27.4 Å². The zero-order valence-corrected chi connectivity index (χ0v) is 19.4. The quantitative estimate of drug-likeness (QED) is 0.364. The first-order valence-corrected chi connectivity index (χ1v) is 11.7. The summed E-state index contributed by atoms with van der Waals surface area (Å²) < 4.78 is 16.6. The van der Waals surface area contributed by atoms with E-state index < -0.39 is 0 Å². The number of nitrogens with zero attached hydrogens (tertiary/aromatic N) is 3. The normalized spacial score (nSPS) is 15.5. The van der Waals surface area contributed by atoms with Crippen molar-refractivity contribution in [3.63, 3.8) is 0 Å². The first-order chi connectivity index (χ1) is 15.7. The van der Waals surface area contributed by atoms with Gasteiger partial charge in [0.05, 0.1) is 32.4 Å². The third-order valence-corrected chi connectivity index (χ3v) is 7.32. The molecule has 0 spiro atoms. The number of hydrogen-bond donors (Lipinski definition) is 0. The van der Waals surface area contributed by atoms with Crippen LogP contribution < -0.4 is 14.4 Å². The zero-order valence-electron chi connectivity index (χ0n) is 18.6. The number of furan rings is 1. The molecule has 5 rings (SSSR count). The second-order valence-corrected chi connectivity index (χ2v) is 9.44. The van der Waals surface area contributed by atoms with Crippen LogP contribution in [0.25, 0.3) is 10.2 Å². The summed E-state index contributed by atoms with van der Waals surface area (Å²) in [5.41, 5.74) is 2.54. The Morgan fingerprint density at radius 1 is 1.12 bits per heavy atom. The lowest BCUT2D eigenvalue weighted by atomic mass is 9.88. The van der Waals surface area contributed by atoms with Gasteiger partial charge in [0.1, 0.15) is 22.7 Å². The second-order valence-electron chi connectivity index (χ2n) is 8.35. The molecule has 6 nitrogen and oxygen atoms in total. The van der Waals surface area contributed by atoms with Crippen LogP contribution in [-0.2, 0) is 25.9 Å². The molecule has 0 N–H and O–H groups in total. The molecule has 166 valence electrons. The highest BCUT2D eigenvalue weighted by Gasteiger charge is 2.25. The highest BCUT2D eigenvalue weighted by atomic mass is 32.1. The van der Waals surface area contributed by atoms with E-state index in [1.165, 1.54) is 22.2 Å². The number of fused-ring (bicyclic) bond motifs is 3. The lowest BCUT2D eigenvalue weighted by molar-refractivity contribution is 0.354. The molecule has 7 heteroatoms. The van der Waals surface area contributed by atoms with Crippen molar-refractivity contribution in [3.05, 3.63) is 64.7 Å². The number of benzene rings is 1. The third-order valence-electron chi connectivity index (χ3n) is 6.12. The molecule has 0 amide bonds. The number of aromatic nitrogens is 2. The largest absolute Gasteiger partial charge is 0.493 e. The molecule has 0 fully saturated rings. The van der Waals surface area contributed by atoms with Crippen LogP contribution in [-0.4, -0.2) is 24.2 Å². The van der Waals surface area contributed by atoms with Crippen molar-refractivity contribution < 1.29 is 13.9 Å². The van der Waals surface area contributed by atoms with Gasteiger partial charge in [0.25, 0.3) is 0 Å². The van der Waals surface area contributed by atoms with Crippen molar-refractivity contribution in [2.75, 3.05) is 19.1 Å². The topological polar surface area (TPSA) is 60.6 Å². The number of anilines is 1. The number of thiophene rings is 1. The molecular weight excluding hydrogens is 422 g/mol. The molecule has 0 saturated heterocycles. The Hall–Kier alpha value is -3.06. The molecule has 1 unspecified atom stereocenters. The van der Waals surface area contributed by atoms with Gasteiger partial charge in [0.2, 0.25) is 0 Å². The smallest absolute Gasteiger partial charge is 0.161 e. The van der Waals surface area contributed by atoms with Gasteiger partial charge in [0.15, 0.2) is 11.5 Å². The number of rotatable bonds is 7. The maximum atomic E-state index is 5.70. The lowest BCUT2D eigenvalue weighted by Crippen LogP contribution is -2.23. The fourth-order valence-electron chi connectivity index (χ4n) is 4.50. The minimum atomic E-state index is 0.619. The highest BCUT2D eigenvalue weighted by molar-refractivity contribution is 7.19. The summed E-state index contributed by atoms with van der Waals surface area (Å²) in [6.45, 7) is 3.61. The average molecular weight is 450 g/mol. The summed E-state index contributed by atoms with van der Waals surface area (Å²) >= 11 is 1.82. The van der Waals surface area contributed by atoms with Gasteiger partial charge in [0, 0.05) is 11.4 Å². The number of aryl methyl sites for hydroxylation is 1. The summed E-state index contributed by atoms with van der Waals surface area (Å²) in [4.78, 5) is 14.2. The SMILES string of the molecule is COc1ccc(CN(Cc2ccco2)c2ncnc3sc4c(c23)CC(C)CC4)cc1OC. The molecule has 1 aromatic carbocycles. The Morgan fingerprint density at radius 2 is 2.00 bits per heavy atom. The second kappa shape index (κ2) is 8.82. The summed E-state index contributed by atoms with van der Waals surface area (Å²) in [6.07, 6.45) is 6.86. The van der Waals surface area contributed by atoms with Crippen LogP contribution in [0.4, 0.5) is 5.82 Å². The van der Waals surface area contributed by atoms with Crippen LogP contribution in [0.3, 0.4) is 0 Å². The molecule has 1 aliphatic rings. The van der Waals surface area contributed by atoms with Gasteiger partial charge < -0.3 is 18.8 Å². The van der Waals surface area contributed by atoms with Crippen LogP contribution in [0.1, 0.15) is 35.1 Å². The van der Waals surface area contributed by atoms with E-state index in [9.17, 15) is 0 Å². The minimum absolute atomic E-state index is 0.619. The number of hydrogen-bond acceptors (Lipinski definition) is 7. The summed E-state index contributed by atoms with van der Waals surface area (Å²) in [5, 5.41) is 1.20. The van der Waals surface area contributed by atoms with E-state index >= 15 is 0 Å². The van der Waals surface area contributed by atoms with Gasteiger partial charge in [-0.2, -0.15) is 0 Å². The number of methoxy groups -OCH3 is 2. The Labute approximate surface area is 191 Å². The van der Waals surface area contributed by atoms with E-state index in [1.807, 2.05) is 35.6 Å². The number of ether oxygens (including phenoxy) is 2. The maximum absolute atomic E-state index is 5.70. The van der Waals surface area contributed by atoms with E-state index in [1.54, 1.807) is 26.8 Å². The maximum Gasteiger partial charge on any atom is 0.161 e. The molecule has 1 aliphatic carbocycles. The average Bonchev–Trinajstić information content (AvgIpc) is 3.45. The Morgan fingerprint density at radius 3 is 2.78 bits per heavy atom. The highest BCUT2D eigenvalue weighted by Crippen LogP contribution is 2.41. The molecular formula is C25H27N3O3S. The first kappa shape index (κ1) is 20.8. The molecule has 0 saturated carbocycles. The summed E-state index contributed by atoms with van der Waals surface area (Å²) in [5.74, 6) is 3.98. The van der Waals surface area contributed by atoms with Gasteiger partial charge in [-0.15, -0.1) is 11.3 Å². The van der Waals surface area contributed by atoms with Crippen molar-refractivity contribution in [1.82, 2.24) is 9.97 Å². The van der Waals surface area contributed by atoms with E-state index in [-0.39, 0.29) is 0 Å². The Bertz CT molecular complexity index is 1220. The Balaban J connectivity index is 1.59. The van der Waals surface area contributed by atoms with Gasteiger partial charge >= 0.3 is 0 Å². The lowest BCUT2D eigenvalue weighted by Gasteiger charge is -2.25. The molecule has 1 atom stereocenters. The molecule has 32 heavy (non-hydrogen) atoms. The molecule has 4 aromatic rings. The van der Waals surface area contributed by atoms with Crippen LogP contribution >= 0.6 is 11.3 Å². The van der Waals surface area contributed by atoms with E-state index in [4.69, 9.17) is 18.9 Å². The van der Waals surface area contributed by atoms with Crippen LogP contribution in [0.2, 0.25) is 0 Å². The molecule has 0 radical (unpaired) electrons. The van der Waals surface area contributed by atoms with Gasteiger partial charge in [-0.1, -0.05) is 13.0 Å². The molecule has 0 aliphatic heterocycles. The summed E-state index contributed by atoms with van der Waals surface area (Å²) in [6, 6.07) is 9.97. The van der Waals surface area contributed by atoms with Crippen molar-refractivity contribution in [1.29, 1.82) is 0 Å². The monoisotopic (exact) mass is 449 g/mol. The van der Waals surface area contributed by atoms with Gasteiger partial charge in [-0.05, 0) is 60.6 Å². The minimum Gasteiger partial charge on any atom is -0.493 e. The zero-order chi connectivity index (χ0) is 22.1. The standard InChI is InChI=1S/C25H27N3O3S/c1-16-6-9-22-19(11-16)23-24(26-15-27-25(23)32-22)28(14-18-5-4-10-31-18)13-17-7-8-20(29-2)21(12-17)30-3/h4-5,7-8,10,12,15-16H,6,9,11,13-14H2,1-3H3. The van der Waals surface area contributed by atoms with E-state index in [2.05, 4.69) is 22.9 Å². The predicted octanol–water partition coefficient (Wildman–Crippen LogP) is 5.63. The molecule has 3 heterocycles. The predicted molar refractivity (Wildman–Crippen MR) is 127 cm³/mol. The molecule has 3 aromatic heterocycles. The van der Waals surface area contributed by atoms with Crippen LogP contribution in [0.5, 0.6) is 11.5 Å². The van der Waals surface area contributed by atoms with Gasteiger partial charge in [-0.25, -0.2) is 9.97 Å². The third kappa shape index (κ3) is 3.93. The van der Waals surface area contributed by atoms with Crippen molar-refractivity contribution in [2.45, 2.75) is 39.3 Å². The Kier molecular flexibility index (Phi) is 5.74. The fraction of sp³-hybridized carbons (Fsp3) is 0.360. The fourth-order valence-corrected chi connectivity index (χ4v) is 5.68. The first-order valence-electron chi connectivity index (χ1n) is 10.9. The van der Waals surface area contributed by atoms with E-state index in [0.29, 0.717) is 19.0 Å². The van der Waals surface area contributed by atoms with Gasteiger partial charge in [-0.3, -0.25) is 0 Å². The van der Waals surface area contributed by atoms with Crippen molar-refractivity contribution in [2.24, 2.45) is 5.92 Å². The van der Waals surface area contributed by atoms with Crippen LogP contribution in [0.15, 0.2) is 47.3 Å². The summed E-state index contributed by atoms with van der Waals surface area (Å²) in [7, 11) is 3.31. The molecule has 0 bridgehead atoms.